The largest absolute Gasteiger partial charge is 0.459 e. The van der Waals surface area contributed by atoms with Crippen LogP contribution in [0.3, 0.4) is 0 Å². The van der Waals surface area contributed by atoms with Gasteiger partial charge in [-0.1, -0.05) is 12.1 Å². The van der Waals surface area contributed by atoms with Crippen LogP contribution in [-0.4, -0.2) is 39.7 Å². The van der Waals surface area contributed by atoms with Gasteiger partial charge in [-0.25, -0.2) is 14.5 Å². The Bertz CT molecular complexity index is 851. The first-order valence-corrected chi connectivity index (χ1v) is 9.01. The summed E-state index contributed by atoms with van der Waals surface area (Å²) in [4.78, 5) is 37.1. The van der Waals surface area contributed by atoms with Crippen LogP contribution in [-0.2, 0) is 14.3 Å². The molecule has 2 rings (SSSR count). The van der Waals surface area contributed by atoms with Gasteiger partial charge in [-0.2, -0.15) is 0 Å². The van der Waals surface area contributed by atoms with Gasteiger partial charge in [-0.15, -0.1) is 0 Å². The van der Waals surface area contributed by atoms with Gasteiger partial charge in [0.2, 0.25) is 0 Å². The number of esters is 1. The number of amides is 1. The molecule has 0 bridgehead atoms. The molecule has 1 N–H and O–H groups in total. The zero-order valence-electron chi connectivity index (χ0n) is 15.9. The molecule has 1 aromatic carbocycles. The Kier molecular flexibility index (Phi) is 6.68. The maximum absolute atomic E-state index is 12.8. The van der Waals surface area contributed by atoms with Crippen molar-refractivity contribution in [3.05, 3.63) is 51.2 Å². The van der Waals surface area contributed by atoms with Crippen LogP contribution in [0.25, 0.3) is 0 Å². The Morgan fingerprint density at radius 2 is 2.07 bits per heavy atom. The predicted octanol–water partition coefficient (Wildman–Crippen LogP) is 3.21. The maximum Gasteiger partial charge on any atom is 0.416 e. The molecule has 28 heavy (non-hydrogen) atoms. The highest BCUT2D eigenvalue weighted by Crippen LogP contribution is 2.36. The summed E-state index contributed by atoms with van der Waals surface area (Å²) in [5.74, 6) is -0.659. The SMILES string of the molecule is CCOC(=O)N1C(=S)NC(C)=C(C(=O)OC(C)C)[C@H]1c1cccc([N+](=O)[O-])c1. The fourth-order valence-electron chi connectivity index (χ4n) is 2.79. The van der Waals surface area contributed by atoms with Gasteiger partial charge in [0.1, 0.15) is 6.04 Å². The smallest absolute Gasteiger partial charge is 0.416 e. The van der Waals surface area contributed by atoms with Gasteiger partial charge >= 0.3 is 12.1 Å². The van der Waals surface area contributed by atoms with Gasteiger partial charge in [-0.3, -0.25) is 10.1 Å². The van der Waals surface area contributed by atoms with Crippen molar-refractivity contribution in [2.45, 2.75) is 39.8 Å². The molecule has 0 unspecified atom stereocenters. The number of carbonyl (C=O) groups excluding carboxylic acids is 2. The van der Waals surface area contributed by atoms with E-state index in [0.717, 1.165) is 4.90 Å². The zero-order valence-corrected chi connectivity index (χ0v) is 16.7. The number of nitrogens with one attached hydrogen (secondary N) is 1. The first kappa shape index (κ1) is 21.3. The summed E-state index contributed by atoms with van der Waals surface area (Å²) in [6.07, 6.45) is -1.18. The van der Waals surface area contributed by atoms with Crippen LogP contribution in [0.15, 0.2) is 35.5 Å². The second kappa shape index (κ2) is 8.79. The fourth-order valence-corrected chi connectivity index (χ4v) is 3.12. The van der Waals surface area contributed by atoms with Gasteiger partial charge in [0.05, 0.1) is 23.2 Å². The lowest BCUT2D eigenvalue weighted by atomic mass is 9.94. The van der Waals surface area contributed by atoms with E-state index < -0.39 is 29.1 Å². The van der Waals surface area contributed by atoms with Crippen molar-refractivity contribution in [3.63, 3.8) is 0 Å². The second-order valence-corrected chi connectivity index (χ2v) is 6.63. The number of non-ortho nitro benzene ring substituents is 1. The van der Waals surface area contributed by atoms with E-state index in [0.29, 0.717) is 11.3 Å². The van der Waals surface area contributed by atoms with Crippen molar-refractivity contribution in [3.8, 4) is 0 Å². The predicted molar refractivity (Wildman–Crippen MR) is 104 cm³/mol. The molecule has 0 saturated heterocycles. The molecular formula is C18H21N3O6S. The van der Waals surface area contributed by atoms with Crippen LogP contribution in [0.2, 0.25) is 0 Å². The van der Waals surface area contributed by atoms with E-state index >= 15 is 0 Å². The number of thiocarbonyl (C=S) groups is 1. The average Bonchev–Trinajstić information content (AvgIpc) is 2.60. The molecule has 10 heteroatoms. The van der Waals surface area contributed by atoms with E-state index in [1.807, 2.05) is 0 Å². The van der Waals surface area contributed by atoms with E-state index in [-0.39, 0.29) is 23.0 Å². The highest BCUT2D eigenvalue weighted by Gasteiger charge is 2.41. The van der Waals surface area contributed by atoms with Crippen molar-refractivity contribution in [1.82, 2.24) is 10.2 Å². The van der Waals surface area contributed by atoms with Crippen LogP contribution in [0.4, 0.5) is 10.5 Å². The van der Waals surface area contributed by atoms with Crippen molar-refractivity contribution < 1.29 is 24.0 Å². The summed E-state index contributed by atoms with van der Waals surface area (Å²) >= 11 is 5.28. The summed E-state index contributed by atoms with van der Waals surface area (Å²) in [5, 5.41) is 14.0. The Morgan fingerprint density at radius 3 is 2.64 bits per heavy atom. The monoisotopic (exact) mass is 407 g/mol. The van der Waals surface area contributed by atoms with Gasteiger partial charge in [0.15, 0.2) is 5.11 Å². The highest BCUT2D eigenvalue weighted by molar-refractivity contribution is 7.80. The Balaban J connectivity index is 2.66. The normalized spacial score (nSPS) is 16.7. The number of allylic oxidation sites excluding steroid dienone is 1. The minimum absolute atomic E-state index is 0.0218. The third-order valence-corrected chi connectivity index (χ3v) is 4.17. The number of nitro benzene ring substituents is 1. The first-order valence-electron chi connectivity index (χ1n) is 8.60. The minimum atomic E-state index is -1.03. The molecule has 1 aliphatic heterocycles. The van der Waals surface area contributed by atoms with Crippen molar-refractivity contribution >= 4 is 35.1 Å². The summed E-state index contributed by atoms with van der Waals surface area (Å²) < 4.78 is 10.4. The van der Waals surface area contributed by atoms with Crippen molar-refractivity contribution in [2.75, 3.05) is 6.61 Å². The lowest BCUT2D eigenvalue weighted by Crippen LogP contribution is -2.51. The maximum atomic E-state index is 12.8. The molecule has 150 valence electrons. The minimum Gasteiger partial charge on any atom is -0.459 e. The summed E-state index contributed by atoms with van der Waals surface area (Å²) in [5.41, 5.74) is 0.671. The number of nitro groups is 1. The second-order valence-electron chi connectivity index (χ2n) is 6.25. The number of nitrogens with zero attached hydrogens (tertiary/aromatic N) is 2. The lowest BCUT2D eigenvalue weighted by Gasteiger charge is -2.37. The number of rotatable bonds is 5. The highest BCUT2D eigenvalue weighted by atomic mass is 32.1. The quantitative estimate of drug-likeness (QED) is 0.343. The number of ether oxygens (including phenoxy) is 2. The van der Waals surface area contributed by atoms with Gasteiger partial charge in [0, 0.05) is 17.8 Å². The first-order chi connectivity index (χ1) is 13.2. The van der Waals surface area contributed by atoms with Crippen LogP contribution >= 0.6 is 12.2 Å². The molecule has 1 aromatic rings. The van der Waals surface area contributed by atoms with Gasteiger partial charge < -0.3 is 14.8 Å². The molecule has 0 aromatic heterocycles. The molecule has 1 atom stereocenters. The molecule has 0 radical (unpaired) electrons. The zero-order chi connectivity index (χ0) is 21.0. The van der Waals surface area contributed by atoms with Crippen molar-refractivity contribution in [2.24, 2.45) is 0 Å². The summed E-state index contributed by atoms with van der Waals surface area (Å²) in [7, 11) is 0. The Hall–Kier alpha value is -3.01. The molecule has 0 spiro atoms. The Labute approximate surface area is 167 Å². The van der Waals surface area contributed by atoms with Gasteiger partial charge in [-0.05, 0) is 45.5 Å². The molecule has 1 aliphatic rings. The van der Waals surface area contributed by atoms with Crippen LogP contribution in [0, 0.1) is 10.1 Å². The van der Waals surface area contributed by atoms with E-state index in [1.54, 1.807) is 33.8 Å². The Morgan fingerprint density at radius 1 is 1.39 bits per heavy atom. The van der Waals surface area contributed by atoms with Gasteiger partial charge in [0.25, 0.3) is 5.69 Å². The molecular weight excluding hydrogens is 386 g/mol. The number of hydrogen-bond donors (Lipinski definition) is 1. The molecule has 9 nitrogen and oxygen atoms in total. The van der Waals surface area contributed by atoms with Crippen molar-refractivity contribution in [1.29, 1.82) is 0 Å². The third-order valence-electron chi connectivity index (χ3n) is 3.87. The summed E-state index contributed by atoms with van der Waals surface area (Å²) in [6.45, 7) is 6.74. The number of hydrogen-bond acceptors (Lipinski definition) is 7. The topological polar surface area (TPSA) is 111 Å². The average molecular weight is 407 g/mol. The van der Waals surface area contributed by atoms with Crippen LogP contribution < -0.4 is 5.32 Å². The van der Waals surface area contributed by atoms with Crippen LogP contribution in [0.5, 0.6) is 0 Å². The lowest BCUT2D eigenvalue weighted by molar-refractivity contribution is -0.384. The van der Waals surface area contributed by atoms with E-state index in [9.17, 15) is 19.7 Å². The van der Waals surface area contributed by atoms with Crippen LogP contribution in [0.1, 0.15) is 39.3 Å². The molecule has 0 saturated carbocycles. The molecule has 1 heterocycles. The molecule has 0 aliphatic carbocycles. The summed E-state index contributed by atoms with van der Waals surface area (Å²) in [6, 6.07) is 4.64. The van der Waals surface area contributed by atoms with E-state index in [4.69, 9.17) is 21.7 Å². The number of benzene rings is 1. The van der Waals surface area contributed by atoms with E-state index in [2.05, 4.69) is 5.32 Å². The standard InChI is InChI=1S/C18H21N3O6S/c1-5-26-18(23)20-15(12-7-6-8-13(9-12)21(24)25)14(11(4)19-17(20)28)16(22)27-10(2)3/h6-10,15H,5H2,1-4H3,(H,19,28)/t15-/m1/s1. The fraction of sp³-hybridized carbons (Fsp3) is 0.389. The molecule has 0 fully saturated rings. The molecule has 1 amide bonds. The van der Waals surface area contributed by atoms with E-state index in [1.165, 1.54) is 18.2 Å². The third kappa shape index (κ3) is 4.45. The number of carbonyl (C=O) groups is 2.